The molecule has 1 saturated heterocycles. The van der Waals surface area contributed by atoms with Crippen LogP contribution in [0, 0.1) is 17.3 Å². The summed E-state index contributed by atoms with van der Waals surface area (Å²) in [7, 11) is 0. The minimum atomic E-state index is -0.0486. The summed E-state index contributed by atoms with van der Waals surface area (Å²) in [6, 6.07) is 0. The van der Waals surface area contributed by atoms with Gasteiger partial charge in [-0.3, -0.25) is 4.79 Å². The molecule has 2 nitrogen and oxygen atoms in total. The van der Waals surface area contributed by atoms with Gasteiger partial charge in [-0.2, -0.15) is 0 Å². The first-order chi connectivity index (χ1) is 8.94. The fourth-order valence-corrected chi connectivity index (χ4v) is 4.15. The highest BCUT2D eigenvalue weighted by molar-refractivity contribution is 6.20. The predicted octanol–water partition coefficient (Wildman–Crippen LogP) is 4.07. The summed E-state index contributed by atoms with van der Waals surface area (Å²) in [5, 5.41) is 0.244. The second kappa shape index (κ2) is 6.03. The number of rotatable bonds is 3. The Morgan fingerprint density at radius 3 is 2.53 bits per heavy atom. The molecule has 2 unspecified atom stereocenters. The molecule has 1 heterocycles. The SMILES string of the molecule is CC(C)CC1(C(=O)N2CCC(Cl)C(C)C2)CCCC1. The van der Waals surface area contributed by atoms with Crippen LogP contribution in [0.3, 0.4) is 0 Å². The molecule has 0 radical (unpaired) electrons. The van der Waals surface area contributed by atoms with Crippen LogP contribution < -0.4 is 0 Å². The van der Waals surface area contributed by atoms with Crippen LogP contribution in [-0.2, 0) is 4.79 Å². The van der Waals surface area contributed by atoms with Crippen molar-refractivity contribution in [2.45, 2.75) is 64.7 Å². The van der Waals surface area contributed by atoms with Crippen LogP contribution in [0.1, 0.15) is 59.3 Å². The van der Waals surface area contributed by atoms with E-state index in [0.29, 0.717) is 17.7 Å². The monoisotopic (exact) mass is 285 g/mol. The van der Waals surface area contributed by atoms with Gasteiger partial charge in [-0.25, -0.2) is 0 Å². The lowest BCUT2D eigenvalue weighted by Gasteiger charge is -2.40. The summed E-state index contributed by atoms with van der Waals surface area (Å²) < 4.78 is 0. The van der Waals surface area contributed by atoms with Crippen molar-refractivity contribution < 1.29 is 4.79 Å². The van der Waals surface area contributed by atoms with Crippen molar-refractivity contribution in [3.63, 3.8) is 0 Å². The molecule has 1 amide bonds. The summed E-state index contributed by atoms with van der Waals surface area (Å²) in [6.45, 7) is 8.35. The van der Waals surface area contributed by atoms with E-state index in [2.05, 4.69) is 25.7 Å². The van der Waals surface area contributed by atoms with Gasteiger partial charge in [-0.15, -0.1) is 11.6 Å². The molecular formula is C16H28ClNO. The molecule has 3 heteroatoms. The number of hydrogen-bond acceptors (Lipinski definition) is 1. The Balaban J connectivity index is 2.07. The molecular weight excluding hydrogens is 258 g/mol. The van der Waals surface area contributed by atoms with Crippen molar-refractivity contribution in [3.05, 3.63) is 0 Å². The van der Waals surface area contributed by atoms with Gasteiger partial charge in [0.15, 0.2) is 0 Å². The molecule has 0 aromatic carbocycles. The standard InChI is InChI=1S/C16H28ClNO/c1-12(2)10-16(7-4-5-8-16)15(19)18-9-6-14(17)13(3)11-18/h12-14H,4-11H2,1-3H3. The molecule has 110 valence electrons. The van der Waals surface area contributed by atoms with Crippen LogP contribution >= 0.6 is 11.6 Å². The first-order valence-corrected chi connectivity index (χ1v) is 8.32. The lowest BCUT2D eigenvalue weighted by molar-refractivity contribution is -0.144. The molecule has 2 atom stereocenters. The van der Waals surface area contributed by atoms with E-state index in [0.717, 1.165) is 38.8 Å². The van der Waals surface area contributed by atoms with Gasteiger partial charge in [-0.05, 0) is 37.5 Å². The zero-order valence-corrected chi connectivity index (χ0v) is 13.4. The first kappa shape index (κ1) is 15.2. The average molecular weight is 286 g/mol. The molecule has 0 aromatic heterocycles. The van der Waals surface area contributed by atoms with Gasteiger partial charge in [0.1, 0.15) is 0 Å². The lowest BCUT2D eigenvalue weighted by atomic mass is 9.76. The smallest absolute Gasteiger partial charge is 0.228 e. The second-order valence-electron chi connectivity index (χ2n) is 7.12. The maximum atomic E-state index is 13.0. The number of carbonyl (C=O) groups excluding carboxylic acids is 1. The molecule has 2 rings (SSSR count). The highest BCUT2D eigenvalue weighted by Crippen LogP contribution is 2.45. The predicted molar refractivity (Wildman–Crippen MR) is 80.4 cm³/mol. The second-order valence-corrected chi connectivity index (χ2v) is 7.68. The van der Waals surface area contributed by atoms with Gasteiger partial charge in [0.25, 0.3) is 0 Å². The minimum Gasteiger partial charge on any atom is -0.342 e. The summed E-state index contributed by atoms with van der Waals surface area (Å²) >= 11 is 6.28. The van der Waals surface area contributed by atoms with Crippen LogP contribution in [0.2, 0.25) is 0 Å². The minimum absolute atomic E-state index is 0.0486. The van der Waals surface area contributed by atoms with Gasteiger partial charge in [0.05, 0.1) is 0 Å². The summed E-state index contributed by atoms with van der Waals surface area (Å²) in [6.07, 6.45) is 6.64. The number of alkyl halides is 1. The van der Waals surface area contributed by atoms with E-state index in [-0.39, 0.29) is 10.8 Å². The van der Waals surface area contributed by atoms with Crippen LogP contribution in [0.25, 0.3) is 0 Å². The third-order valence-electron chi connectivity index (χ3n) is 4.90. The number of hydrogen-bond donors (Lipinski definition) is 0. The normalized spacial score (nSPS) is 30.9. The largest absolute Gasteiger partial charge is 0.342 e. The van der Waals surface area contributed by atoms with E-state index in [4.69, 9.17) is 11.6 Å². The summed E-state index contributed by atoms with van der Waals surface area (Å²) in [4.78, 5) is 15.1. The zero-order chi connectivity index (χ0) is 14.0. The summed E-state index contributed by atoms with van der Waals surface area (Å²) in [5.74, 6) is 1.45. The fraction of sp³-hybridized carbons (Fsp3) is 0.938. The van der Waals surface area contributed by atoms with Crippen molar-refractivity contribution >= 4 is 17.5 Å². The quantitative estimate of drug-likeness (QED) is 0.716. The molecule has 0 spiro atoms. The van der Waals surface area contributed by atoms with E-state index in [9.17, 15) is 4.79 Å². The summed E-state index contributed by atoms with van der Waals surface area (Å²) in [5.41, 5.74) is -0.0486. The van der Waals surface area contributed by atoms with Crippen LogP contribution in [0.5, 0.6) is 0 Å². The first-order valence-electron chi connectivity index (χ1n) is 7.88. The molecule has 19 heavy (non-hydrogen) atoms. The molecule has 1 saturated carbocycles. The molecule has 2 aliphatic rings. The van der Waals surface area contributed by atoms with Gasteiger partial charge in [-0.1, -0.05) is 33.6 Å². The molecule has 0 aromatic rings. The molecule has 0 bridgehead atoms. The van der Waals surface area contributed by atoms with Crippen molar-refractivity contribution in [2.24, 2.45) is 17.3 Å². The van der Waals surface area contributed by atoms with E-state index < -0.39 is 0 Å². The Morgan fingerprint density at radius 1 is 1.37 bits per heavy atom. The van der Waals surface area contributed by atoms with Crippen LogP contribution in [0.15, 0.2) is 0 Å². The van der Waals surface area contributed by atoms with Crippen molar-refractivity contribution in [3.8, 4) is 0 Å². The third kappa shape index (κ3) is 3.26. The highest BCUT2D eigenvalue weighted by Gasteiger charge is 2.44. The Morgan fingerprint density at radius 2 is 2.00 bits per heavy atom. The number of amides is 1. The Labute approximate surface area is 122 Å². The van der Waals surface area contributed by atoms with E-state index >= 15 is 0 Å². The Kier molecular flexibility index (Phi) is 4.81. The molecule has 1 aliphatic carbocycles. The molecule has 2 fully saturated rings. The van der Waals surface area contributed by atoms with Crippen molar-refractivity contribution in [1.82, 2.24) is 4.90 Å². The van der Waals surface area contributed by atoms with Crippen LogP contribution in [-0.4, -0.2) is 29.3 Å². The number of likely N-dealkylation sites (tertiary alicyclic amines) is 1. The van der Waals surface area contributed by atoms with Gasteiger partial charge >= 0.3 is 0 Å². The van der Waals surface area contributed by atoms with E-state index in [1.807, 2.05) is 0 Å². The van der Waals surface area contributed by atoms with Crippen molar-refractivity contribution in [1.29, 1.82) is 0 Å². The molecule has 0 N–H and O–H groups in total. The van der Waals surface area contributed by atoms with Gasteiger partial charge in [0.2, 0.25) is 5.91 Å². The highest BCUT2D eigenvalue weighted by atomic mass is 35.5. The zero-order valence-electron chi connectivity index (χ0n) is 12.6. The Hall–Kier alpha value is -0.240. The van der Waals surface area contributed by atoms with E-state index in [1.165, 1.54) is 12.8 Å². The average Bonchev–Trinajstić information content (AvgIpc) is 2.80. The maximum absolute atomic E-state index is 13.0. The fourth-order valence-electron chi connectivity index (χ4n) is 3.98. The van der Waals surface area contributed by atoms with Crippen molar-refractivity contribution in [2.75, 3.05) is 13.1 Å². The Bertz CT molecular complexity index is 323. The topological polar surface area (TPSA) is 20.3 Å². The number of carbonyl (C=O) groups is 1. The molecule has 1 aliphatic heterocycles. The number of nitrogens with zero attached hydrogens (tertiary/aromatic N) is 1. The lowest BCUT2D eigenvalue weighted by Crippen LogP contribution is -2.49. The van der Waals surface area contributed by atoms with E-state index in [1.54, 1.807) is 0 Å². The number of piperidine rings is 1. The van der Waals surface area contributed by atoms with Crippen LogP contribution in [0.4, 0.5) is 0 Å². The third-order valence-corrected chi connectivity index (χ3v) is 5.55. The maximum Gasteiger partial charge on any atom is 0.228 e. The number of halogens is 1. The van der Waals surface area contributed by atoms with Gasteiger partial charge in [0, 0.05) is 23.9 Å². The van der Waals surface area contributed by atoms with Gasteiger partial charge < -0.3 is 4.90 Å².